The fraction of sp³-hybridized carbons (Fsp3) is 0.118. The van der Waals surface area contributed by atoms with Gasteiger partial charge in [-0.15, -0.1) is 0 Å². The quantitative estimate of drug-likeness (QED) is 0.682. The van der Waals surface area contributed by atoms with Gasteiger partial charge in [0.2, 0.25) is 0 Å². The molecular weight excluding hydrogens is 269 g/mol. The molecule has 3 nitrogen and oxygen atoms in total. The van der Waals surface area contributed by atoms with Gasteiger partial charge in [-0.2, -0.15) is 0 Å². The number of fused-ring (bicyclic) bond motifs is 1. The summed E-state index contributed by atoms with van der Waals surface area (Å²) in [6.07, 6.45) is 1.85. The number of hydrogen-bond acceptors (Lipinski definition) is 2. The van der Waals surface area contributed by atoms with Crippen LogP contribution in [0.3, 0.4) is 0 Å². The fourth-order valence-electron chi connectivity index (χ4n) is 2.40. The molecule has 3 aromatic rings. The number of benzene rings is 1. The highest BCUT2D eigenvalue weighted by atomic mass is 19.1. The van der Waals surface area contributed by atoms with Crippen molar-refractivity contribution in [3.05, 3.63) is 66.1 Å². The van der Waals surface area contributed by atoms with Crippen molar-refractivity contribution in [1.82, 2.24) is 4.40 Å². The minimum Gasteiger partial charge on any atom is -0.462 e. The Labute approximate surface area is 121 Å². The highest BCUT2D eigenvalue weighted by molar-refractivity contribution is 5.99. The molecule has 0 amide bonds. The van der Waals surface area contributed by atoms with Gasteiger partial charge in [-0.05, 0) is 37.3 Å². The van der Waals surface area contributed by atoms with Crippen LogP contribution in [0.1, 0.15) is 17.3 Å². The average molecular weight is 283 g/mol. The van der Waals surface area contributed by atoms with Crippen molar-refractivity contribution in [1.29, 1.82) is 0 Å². The smallest absolute Gasteiger partial charge is 0.340 e. The van der Waals surface area contributed by atoms with Crippen molar-refractivity contribution in [2.75, 3.05) is 6.61 Å². The van der Waals surface area contributed by atoms with Gasteiger partial charge in [0, 0.05) is 11.8 Å². The largest absolute Gasteiger partial charge is 0.462 e. The lowest BCUT2D eigenvalue weighted by molar-refractivity contribution is 0.0529. The van der Waals surface area contributed by atoms with Gasteiger partial charge in [0.1, 0.15) is 5.82 Å². The van der Waals surface area contributed by atoms with E-state index in [9.17, 15) is 9.18 Å². The second-order valence-electron chi connectivity index (χ2n) is 4.63. The number of carbonyl (C=O) groups excluding carboxylic acids is 1. The Bertz CT molecular complexity index is 807. The monoisotopic (exact) mass is 283 g/mol. The van der Waals surface area contributed by atoms with Crippen molar-refractivity contribution in [3.8, 4) is 11.3 Å². The van der Waals surface area contributed by atoms with E-state index in [0.29, 0.717) is 17.7 Å². The summed E-state index contributed by atoms with van der Waals surface area (Å²) >= 11 is 0. The number of rotatable bonds is 3. The summed E-state index contributed by atoms with van der Waals surface area (Å²) < 4.78 is 20.4. The maximum atomic E-state index is 13.4. The average Bonchev–Trinajstić information content (AvgIpc) is 2.87. The first kappa shape index (κ1) is 13.4. The van der Waals surface area contributed by atoms with Gasteiger partial charge < -0.3 is 9.14 Å². The zero-order valence-corrected chi connectivity index (χ0v) is 11.5. The molecule has 1 aromatic carbocycles. The second-order valence-corrected chi connectivity index (χ2v) is 4.63. The lowest BCUT2D eigenvalue weighted by Gasteiger charge is -2.03. The first-order chi connectivity index (χ1) is 10.2. The third-order valence-corrected chi connectivity index (χ3v) is 3.29. The summed E-state index contributed by atoms with van der Waals surface area (Å²) in [5.74, 6) is -0.681. The number of hydrogen-bond donors (Lipinski definition) is 0. The zero-order valence-electron chi connectivity index (χ0n) is 11.5. The van der Waals surface area contributed by atoms with Gasteiger partial charge >= 0.3 is 5.97 Å². The second kappa shape index (κ2) is 5.40. The molecule has 0 aliphatic rings. The molecule has 106 valence electrons. The minimum atomic E-state index is -0.371. The molecule has 0 spiro atoms. The van der Waals surface area contributed by atoms with E-state index in [2.05, 4.69) is 0 Å². The van der Waals surface area contributed by atoms with Crippen molar-refractivity contribution in [2.45, 2.75) is 6.92 Å². The Morgan fingerprint density at radius 2 is 2.05 bits per heavy atom. The molecule has 0 aliphatic heterocycles. The van der Waals surface area contributed by atoms with Crippen LogP contribution in [0.25, 0.3) is 16.8 Å². The van der Waals surface area contributed by atoms with Crippen molar-refractivity contribution >= 4 is 11.5 Å². The van der Waals surface area contributed by atoms with Gasteiger partial charge in [0.15, 0.2) is 0 Å². The molecule has 0 saturated heterocycles. The zero-order chi connectivity index (χ0) is 14.8. The van der Waals surface area contributed by atoms with Gasteiger partial charge in [0.05, 0.1) is 23.4 Å². The Morgan fingerprint density at radius 3 is 2.81 bits per heavy atom. The number of pyridine rings is 1. The maximum absolute atomic E-state index is 13.4. The molecule has 2 heterocycles. The van der Waals surface area contributed by atoms with Crippen LogP contribution in [0.5, 0.6) is 0 Å². The van der Waals surface area contributed by atoms with Crippen LogP contribution in [-0.4, -0.2) is 17.0 Å². The summed E-state index contributed by atoms with van der Waals surface area (Å²) in [4.78, 5) is 12.1. The van der Waals surface area contributed by atoms with E-state index in [1.807, 2.05) is 34.9 Å². The molecule has 0 unspecified atom stereocenters. The van der Waals surface area contributed by atoms with E-state index >= 15 is 0 Å². The molecule has 0 bridgehead atoms. The fourth-order valence-corrected chi connectivity index (χ4v) is 2.40. The molecule has 4 heteroatoms. The molecule has 0 N–H and O–H groups in total. The lowest BCUT2D eigenvalue weighted by atomic mass is 10.1. The molecule has 0 aliphatic carbocycles. The molecule has 0 atom stereocenters. The molecule has 0 fully saturated rings. The summed E-state index contributed by atoms with van der Waals surface area (Å²) in [7, 11) is 0. The first-order valence-corrected chi connectivity index (χ1v) is 6.74. The van der Waals surface area contributed by atoms with Crippen LogP contribution in [0.2, 0.25) is 0 Å². The number of esters is 1. The van der Waals surface area contributed by atoms with Gasteiger partial charge in [-0.25, -0.2) is 9.18 Å². The Morgan fingerprint density at radius 1 is 1.19 bits per heavy atom. The lowest BCUT2D eigenvalue weighted by Crippen LogP contribution is -2.03. The van der Waals surface area contributed by atoms with E-state index in [1.54, 1.807) is 19.1 Å². The predicted octanol–water partition coefficient (Wildman–Crippen LogP) is 3.92. The number of carbonyl (C=O) groups is 1. The van der Waals surface area contributed by atoms with Crippen molar-refractivity contribution in [3.63, 3.8) is 0 Å². The van der Waals surface area contributed by atoms with Crippen LogP contribution in [0, 0.1) is 5.82 Å². The molecule has 0 saturated carbocycles. The standard InChI is InChI=1S/C17H14FNO2/c1-2-21-17(20)14-11-16(12-6-5-7-13(18)10-12)19-9-4-3-8-15(14)19/h3-11H,2H2,1H3. The molecular formula is C17H14FNO2. The number of halogens is 1. The SMILES string of the molecule is CCOC(=O)c1cc(-c2cccc(F)c2)n2ccccc12. The van der Waals surface area contributed by atoms with Crippen LogP contribution in [-0.2, 0) is 4.74 Å². The molecule has 3 rings (SSSR count). The van der Waals surface area contributed by atoms with Crippen molar-refractivity contribution < 1.29 is 13.9 Å². The number of ether oxygens (including phenoxy) is 1. The number of aromatic nitrogens is 1. The molecule has 2 aromatic heterocycles. The van der Waals surface area contributed by atoms with Gasteiger partial charge in [0.25, 0.3) is 0 Å². The molecule has 0 radical (unpaired) electrons. The highest BCUT2D eigenvalue weighted by Gasteiger charge is 2.17. The third-order valence-electron chi connectivity index (χ3n) is 3.29. The Kier molecular flexibility index (Phi) is 3.44. The van der Waals surface area contributed by atoms with E-state index in [1.165, 1.54) is 12.1 Å². The number of nitrogens with zero attached hydrogens (tertiary/aromatic N) is 1. The summed E-state index contributed by atoms with van der Waals surface area (Å²) in [6.45, 7) is 2.09. The van der Waals surface area contributed by atoms with E-state index in [4.69, 9.17) is 4.74 Å². The molecule has 21 heavy (non-hydrogen) atoms. The Balaban J connectivity index is 2.22. The minimum absolute atomic E-state index is 0.309. The highest BCUT2D eigenvalue weighted by Crippen LogP contribution is 2.27. The first-order valence-electron chi connectivity index (χ1n) is 6.74. The summed E-state index contributed by atoms with van der Waals surface area (Å²) in [5.41, 5.74) is 2.70. The van der Waals surface area contributed by atoms with Gasteiger partial charge in [-0.1, -0.05) is 18.2 Å². The summed E-state index contributed by atoms with van der Waals surface area (Å²) in [5, 5.41) is 0. The van der Waals surface area contributed by atoms with Crippen LogP contribution in [0.15, 0.2) is 54.7 Å². The van der Waals surface area contributed by atoms with E-state index < -0.39 is 0 Å². The van der Waals surface area contributed by atoms with E-state index in [-0.39, 0.29) is 11.8 Å². The van der Waals surface area contributed by atoms with Crippen LogP contribution < -0.4 is 0 Å². The third kappa shape index (κ3) is 2.40. The van der Waals surface area contributed by atoms with Crippen molar-refractivity contribution in [2.24, 2.45) is 0 Å². The maximum Gasteiger partial charge on any atom is 0.340 e. The van der Waals surface area contributed by atoms with E-state index in [0.717, 1.165) is 11.2 Å². The van der Waals surface area contributed by atoms with Crippen LogP contribution >= 0.6 is 0 Å². The van der Waals surface area contributed by atoms with Crippen LogP contribution in [0.4, 0.5) is 4.39 Å². The van der Waals surface area contributed by atoms with Gasteiger partial charge in [-0.3, -0.25) is 0 Å². The normalized spacial score (nSPS) is 10.8. The predicted molar refractivity (Wildman–Crippen MR) is 78.7 cm³/mol. The Hall–Kier alpha value is -2.62. The summed E-state index contributed by atoms with van der Waals surface area (Å²) in [6, 6.07) is 13.6. The topological polar surface area (TPSA) is 30.7 Å².